The van der Waals surface area contributed by atoms with Crippen LogP contribution in [0.2, 0.25) is 0 Å². The number of furan rings is 1. The van der Waals surface area contributed by atoms with Crippen molar-refractivity contribution in [3.05, 3.63) is 44.4 Å². The summed E-state index contributed by atoms with van der Waals surface area (Å²) in [6.45, 7) is 1.93. The van der Waals surface area contributed by atoms with E-state index in [0.717, 1.165) is 21.5 Å². The van der Waals surface area contributed by atoms with Crippen LogP contribution in [0, 0.1) is 6.92 Å². The van der Waals surface area contributed by atoms with Gasteiger partial charge in [0.2, 0.25) is 0 Å². The van der Waals surface area contributed by atoms with Crippen molar-refractivity contribution in [2.24, 2.45) is 5.84 Å². The van der Waals surface area contributed by atoms with E-state index in [9.17, 15) is 0 Å². The molecule has 2 aromatic heterocycles. The summed E-state index contributed by atoms with van der Waals surface area (Å²) in [4.78, 5) is 1.29. The van der Waals surface area contributed by atoms with Crippen LogP contribution in [0.5, 0.6) is 0 Å². The van der Waals surface area contributed by atoms with E-state index in [1.54, 1.807) is 17.6 Å². The standard InChI is InChI=1S/C11H13BrN2OS/c1-7-4-8(6-15-7)10(14-13)5-9-2-3-11(12)16-9/h2-4,6,10,14H,5,13H2,1H3. The Bertz CT molecular complexity index is 466. The van der Waals surface area contributed by atoms with Gasteiger partial charge in [0.1, 0.15) is 5.76 Å². The molecule has 5 heteroatoms. The fourth-order valence-corrected chi connectivity index (χ4v) is 3.11. The van der Waals surface area contributed by atoms with E-state index in [-0.39, 0.29) is 6.04 Å². The first-order chi connectivity index (χ1) is 7.69. The molecule has 0 radical (unpaired) electrons. The fourth-order valence-electron chi connectivity index (χ4n) is 1.58. The molecule has 16 heavy (non-hydrogen) atoms. The quantitative estimate of drug-likeness (QED) is 0.674. The van der Waals surface area contributed by atoms with Gasteiger partial charge in [-0.1, -0.05) is 0 Å². The molecule has 0 saturated carbocycles. The maximum absolute atomic E-state index is 5.57. The van der Waals surface area contributed by atoms with Gasteiger partial charge in [-0.3, -0.25) is 11.3 Å². The monoisotopic (exact) mass is 300 g/mol. The lowest BCUT2D eigenvalue weighted by Gasteiger charge is -2.12. The summed E-state index contributed by atoms with van der Waals surface area (Å²) >= 11 is 5.18. The van der Waals surface area contributed by atoms with Crippen molar-refractivity contribution in [2.45, 2.75) is 19.4 Å². The van der Waals surface area contributed by atoms with Gasteiger partial charge in [0.05, 0.1) is 16.1 Å². The highest BCUT2D eigenvalue weighted by Gasteiger charge is 2.13. The lowest BCUT2D eigenvalue weighted by atomic mass is 10.1. The number of hydrogen-bond acceptors (Lipinski definition) is 4. The van der Waals surface area contributed by atoms with Gasteiger partial charge in [-0.2, -0.15) is 0 Å². The molecule has 0 amide bonds. The molecule has 3 N–H and O–H groups in total. The van der Waals surface area contributed by atoms with Crippen molar-refractivity contribution in [3.8, 4) is 0 Å². The van der Waals surface area contributed by atoms with Crippen LogP contribution in [0.3, 0.4) is 0 Å². The number of nitrogens with one attached hydrogen (secondary N) is 1. The molecule has 0 fully saturated rings. The minimum absolute atomic E-state index is 0.1000. The van der Waals surface area contributed by atoms with Crippen molar-refractivity contribution < 1.29 is 4.42 Å². The van der Waals surface area contributed by atoms with Gasteiger partial charge in [0.15, 0.2) is 0 Å². The summed E-state index contributed by atoms with van der Waals surface area (Å²) in [5.74, 6) is 6.48. The number of rotatable bonds is 4. The molecule has 2 heterocycles. The van der Waals surface area contributed by atoms with Gasteiger partial charge in [-0.25, -0.2) is 0 Å². The molecule has 3 nitrogen and oxygen atoms in total. The average molecular weight is 301 g/mol. The molecule has 0 aliphatic carbocycles. The Morgan fingerprint density at radius 3 is 2.88 bits per heavy atom. The Balaban J connectivity index is 2.12. The topological polar surface area (TPSA) is 51.2 Å². The van der Waals surface area contributed by atoms with E-state index >= 15 is 0 Å². The summed E-state index contributed by atoms with van der Waals surface area (Å²) in [6, 6.07) is 6.26. The van der Waals surface area contributed by atoms with Crippen LogP contribution < -0.4 is 11.3 Å². The highest BCUT2D eigenvalue weighted by atomic mass is 79.9. The second-order valence-corrected chi connectivity index (χ2v) is 6.17. The molecule has 0 aromatic carbocycles. The number of nitrogens with two attached hydrogens (primary N) is 1. The lowest BCUT2D eigenvalue weighted by molar-refractivity contribution is 0.512. The SMILES string of the molecule is Cc1cc(C(Cc2ccc(Br)s2)NN)co1. The molecule has 86 valence electrons. The first-order valence-electron chi connectivity index (χ1n) is 4.94. The van der Waals surface area contributed by atoms with Crippen molar-refractivity contribution in [1.82, 2.24) is 5.43 Å². The molecule has 0 spiro atoms. The van der Waals surface area contributed by atoms with Gasteiger partial charge >= 0.3 is 0 Å². The van der Waals surface area contributed by atoms with E-state index in [0.29, 0.717) is 0 Å². The molecule has 0 saturated heterocycles. The highest BCUT2D eigenvalue weighted by Crippen LogP contribution is 2.27. The van der Waals surface area contributed by atoms with Crippen molar-refractivity contribution >= 4 is 27.3 Å². The van der Waals surface area contributed by atoms with Crippen LogP contribution in [-0.2, 0) is 6.42 Å². The second-order valence-electron chi connectivity index (χ2n) is 3.62. The number of hydrogen-bond donors (Lipinski definition) is 2. The van der Waals surface area contributed by atoms with Crippen molar-refractivity contribution in [2.75, 3.05) is 0 Å². The van der Waals surface area contributed by atoms with Crippen LogP contribution in [-0.4, -0.2) is 0 Å². The predicted molar refractivity (Wildman–Crippen MR) is 69.2 cm³/mol. The highest BCUT2D eigenvalue weighted by molar-refractivity contribution is 9.11. The summed E-state index contributed by atoms with van der Waals surface area (Å²) in [6.07, 6.45) is 2.62. The van der Waals surface area contributed by atoms with Crippen molar-refractivity contribution in [3.63, 3.8) is 0 Å². The van der Waals surface area contributed by atoms with Gasteiger partial charge in [-0.15, -0.1) is 11.3 Å². The zero-order chi connectivity index (χ0) is 11.5. The van der Waals surface area contributed by atoms with Gasteiger partial charge < -0.3 is 4.42 Å². The molecule has 0 bridgehead atoms. The molecule has 0 aliphatic rings. The van der Waals surface area contributed by atoms with Gasteiger partial charge in [0, 0.05) is 16.9 Å². The Hall–Kier alpha value is -0.620. The van der Waals surface area contributed by atoms with Crippen LogP contribution in [0.25, 0.3) is 0 Å². The molecule has 1 unspecified atom stereocenters. The normalized spacial score (nSPS) is 12.9. The van der Waals surface area contributed by atoms with E-state index < -0.39 is 0 Å². The van der Waals surface area contributed by atoms with Crippen LogP contribution >= 0.6 is 27.3 Å². The Morgan fingerprint density at radius 2 is 2.38 bits per heavy atom. The third-order valence-corrected chi connectivity index (χ3v) is 4.03. The largest absolute Gasteiger partial charge is 0.469 e. The summed E-state index contributed by atoms with van der Waals surface area (Å²) in [7, 11) is 0. The number of aryl methyl sites for hydroxylation is 1. The van der Waals surface area contributed by atoms with E-state index in [1.807, 2.05) is 19.1 Å². The molecule has 0 aliphatic heterocycles. The van der Waals surface area contributed by atoms with Crippen molar-refractivity contribution in [1.29, 1.82) is 0 Å². The average Bonchev–Trinajstić information content (AvgIpc) is 2.84. The maximum atomic E-state index is 5.57. The Labute approximate surface area is 107 Å². The first-order valence-corrected chi connectivity index (χ1v) is 6.55. The van der Waals surface area contributed by atoms with Crippen LogP contribution in [0.1, 0.15) is 22.2 Å². The van der Waals surface area contributed by atoms with Crippen LogP contribution in [0.15, 0.2) is 32.7 Å². The third kappa shape index (κ3) is 2.74. The lowest BCUT2D eigenvalue weighted by Crippen LogP contribution is -2.29. The summed E-state index contributed by atoms with van der Waals surface area (Å²) in [5, 5.41) is 0. The minimum atomic E-state index is 0.1000. The van der Waals surface area contributed by atoms with E-state index in [4.69, 9.17) is 10.3 Å². The van der Waals surface area contributed by atoms with Crippen LogP contribution in [0.4, 0.5) is 0 Å². The Kier molecular flexibility index (Phi) is 3.81. The second kappa shape index (κ2) is 5.14. The molecule has 2 aromatic rings. The third-order valence-electron chi connectivity index (χ3n) is 2.39. The van der Waals surface area contributed by atoms with E-state index in [2.05, 4.69) is 27.4 Å². The van der Waals surface area contributed by atoms with Gasteiger partial charge in [0.25, 0.3) is 0 Å². The number of thiophene rings is 1. The molecule has 2 rings (SSSR count). The molecular weight excluding hydrogens is 288 g/mol. The fraction of sp³-hybridized carbons (Fsp3) is 0.273. The first kappa shape index (κ1) is 11.9. The number of hydrazine groups is 1. The Morgan fingerprint density at radius 1 is 1.56 bits per heavy atom. The molecule has 1 atom stereocenters. The minimum Gasteiger partial charge on any atom is -0.469 e. The predicted octanol–water partition coefficient (Wildman–Crippen LogP) is 3.16. The molecular formula is C11H13BrN2OS. The smallest absolute Gasteiger partial charge is 0.101 e. The van der Waals surface area contributed by atoms with E-state index in [1.165, 1.54) is 4.88 Å². The zero-order valence-corrected chi connectivity index (χ0v) is 11.3. The zero-order valence-electron chi connectivity index (χ0n) is 8.87. The number of halogens is 1. The summed E-state index contributed by atoms with van der Waals surface area (Å²) in [5.41, 5.74) is 3.91. The summed E-state index contributed by atoms with van der Waals surface area (Å²) < 4.78 is 6.43. The maximum Gasteiger partial charge on any atom is 0.101 e. The van der Waals surface area contributed by atoms with Gasteiger partial charge in [-0.05, 0) is 41.1 Å².